The number of hydrogen-bond acceptors (Lipinski definition) is 5. The highest BCUT2D eigenvalue weighted by atomic mass is 32.1. The van der Waals surface area contributed by atoms with E-state index < -0.39 is 0 Å². The molecule has 0 aliphatic carbocycles. The van der Waals surface area contributed by atoms with E-state index in [1.54, 1.807) is 24.5 Å². The van der Waals surface area contributed by atoms with Crippen LogP contribution in [-0.4, -0.2) is 38.3 Å². The van der Waals surface area contributed by atoms with E-state index in [2.05, 4.69) is 27.7 Å². The maximum Gasteiger partial charge on any atom is 0.163 e. The summed E-state index contributed by atoms with van der Waals surface area (Å²) >= 11 is 1.80. The SMILES string of the molecule is COc1cc(F)c(CNC2CCCN(Cc3cccs3)C2)cc1OC. The number of rotatable bonds is 7. The fourth-order valence-electron chi connectivity index (χ4n) is 3.27. The van der Waals surface area contributed by atoms with Gasteiger partial charge in [0.05, 0.1) is 14.2 Å². The number of piperidine rings is 1. The molecule has 1 atom stereocenters. The summed E-state index contributed by atoms with van der Waals surface area (Å²) in [6, 6.07) is 7.76. The Kier molecular flexibility index (Phi) is 6.29. The van der Waals surface area contributed by atoms with E-state index in [-0.39, 0.29) is 5.82 Å². The van der Waals surface area contributed by atoms with Gasteiger partial charge in [-0.15, -0.1) is 11.3 Å². The Morgan fingerprint density at radius 3 is 2.80 bits per heavy atom. The molecule has 1 unspecified atom stereocenters. The third-order valence-electron chi connectivity index (χ3n) is 4.60. The van der Waals surface area contributed by atoms with Crippen LogP contribution in [-0.2, 0) is 13.1 Å². The largest absolute Gasteiger partial charge is 0.493 e. The van der Waals surface area contributed by atoms with E-state index in [1.165, 1.54) is 18.1 Å². The number of likely N-dealkylation sites (tertiary alicyclic amines) is 1. The Bertz CT molecular complexity index is 678. The molecule has 0 spiro atoms. The number of halogens is 1. The van der Waals surface area contributed by atoms with Crippen molar-refractivity contribution in [3.8, 4) is 11.5 Å². The zero-order valence-corrected chi connectivity index (χ0v) is 15.6. The highest BCUT2D eigenvalue weighted by molar-refractivity contribution is 7.09. The number of hydrogen-bond donors (Lipinski definition) is 1. The van der Waals surface area contributed by atoms with Crippen LogP contribution in [0.4, 0.5) is 4.39 Å². The standard InChI is InChI=1S/C19H25FN2O2S/c1-23-18-9-14(17(20)10-19(18)24-2)11-21-15-5-3-7-22(12-15)13-16-6-4-8-25-16/h4,6,8-10,15,21H,3,5,7,11-13H2,1-2H3. The highest BCUT2D eigenvalue weighted by Crippen LogP contribution is 2.30. The number of methoxy groups -OCH3 is 2. The molecule has 3 rings (SSSR count). The summed E-state index contributed by atoms with van der Waals surface area (Å²) in [5.41, 5.74) is 0.605. The first kappa shape index (κ1) is 18.2. The second-order valence-electron chi connectivity index (χ2n) is 6.33. The topological polar surface area (TPSA) is 33.7 Å². The van der Waals surface area contributed by atoms with Crippen LogP contribution >= 0.6 is 11.3 Å². The lowest BCUT2D eigenvalue weighted by Gasteiger charge is -2.33. The first-order valence-corrected chi connectivity index (χ1v) is 9.46. The van der Waals surface area contributed by atoms with Gasteiger partial charge in [-0.1, -0.05) is 6.07 Å². The minimum atomic E-state index is -0.267. The molecule has 1 saturated heterocycles. The van der Waals surface area contributed by atoms with Gasteiger partial charge in [-0.2, -0.15) is 0 Å². The normalized spacial score (nSPS) is 18.3. The van der Waals surface area contributed by atoms with E-state index in [1.807, 2.05) is 0 Å². The van der Waals surface area contributed by atoms with Gasteiger partial charge in [0.2, 0.25) is 0 Å². The van der Waals surface area contributed by atoms with Crippen molar-refractivity contribution in [1.29, 1.82) is 0 Å². The second-order valence-corrected chi connectivity index (χ2v) is 7.37. The lowest BCUT2D eigenvalue weighted by molar-refractivity contribution is 0.184. The van der Waals surface area contributed by atoms with Crippen LogP contribution in [0.2, 0.25) is 0 Å². The van der Waals surface area contributed by atoms with Crippen LogP contribution in [0.3, 0.4) is 0 Å². The van der Waals surface area contributed by atoms with Crippen molar-refractivity contribution in [2.24, 2.45) is 0 Å². The minimum Gasteiger partial charge on any atom is -0.493 e. The Labute approximate surface area is 152 Å². The number of nitrogens with zero attached hydrogens (tertiary/aromatic N) is 1. The van der Waals surface area contributed by atoms with Gasteiger partial charge in [-0.3, -0.25) is 4.90 Å². The van der Waals surface area contributed by atoms with E-state index in [4.69, 9.17) is 9.47 Å². The Balaban J connectivity index is 1.57. The molecule has 0 bridgehead atoms. The molecule has 1 fully saturated rings. The quantitative estimate of drug-likeness (QED) is 0.813. The average Bonchev–Trinajstić information content (AvgIpc) is 3.13. The zero-order chi connectivity index (χ0) is 17.6. The minimum absolute atomic E-state index is 0.267. The zero-order valence-electron chi connectivity index (χ0n) is 14.8. The third-order valence-corrected chi connectivity index (χ3v) is 5.46. The van der Waals surface area contributed by atoms with Crippen LogP contribution in [0.25, 0.3) is 0 Å². The number of nitrogens with one attached hydrogen (secondary N) is 1. The molecular weight excluding hydrogens is 339 g/mol. The van der Waals surface area contributed by atoms with E-state index in [0.717, 1.165) is 32.5 Å². The van der Waals surface area contributed by atoms with E-state index in [0.29, 0.717) is 29.6 Å². The van der Waals surface area contributed by atoms with Crippen LogP contribution in [0, 0.1) is 5.82 Å². The van der Waals surface area contributed by atoms with E-state index >= 15 is 0 Å². The van der Waals surface area contributed by atoms with Crippen LogP contribution < -0.4 is 14.8 Å². The molecule has 0 radical (unpaired) electrons. The Hall–Kier alpha value is -1.63. The van der Waals surface area contributed by atoms with E-state index in [9.17, 15) is 4.39 Å². The van der Waals surface area contributed by atoms with Gasteiger partial charge in [-0.05, 0) is 36.9 Å². The summed E-state index contributed by atoms with van der Waals surface area (Å²) in [5.74, 6) is 0.712. The van der Waals surface area contributed by atoms with Gasteiger partial charge >= 0.3 is 0 Å². The van der Waals surface area contributed by atoms with Crippen molar-refractivity contribution in [1.82, 2.24) is 10.2 Å². The summed E-state index contributed by atoms with van der Waals surface area (Å²) in [6.07, 6.45) is 2.29. The molecule has 1 aromatic carbocycles. The second kappa shape index (κ2) is 8.65. The maximum absolute atomic E-state index is 14.3. The van der Waals surface area contributed by atoms with Crippen LogP contribution in [0.1, 0.15) is 23.3 Å². The Morgan fingerprint density at radius 2 is 2.08 bits per heavy atom. The molecule has 0 amide bonds. The summed E-state index contributed by atoms with van der Waals surface area (Å²) in [7, 11) is 3.08. The van der Waals surface area contributed by atoms with Crippen molar-refractivity contribution < 1.29 is 13.9 Å². The summed E-state index contributed by atoms with van der Waals surface area (Å²) in [5, 5.41) is 5.62. The van der Waals surface area contributed by atoms with Crippen LogP contribution in [0.15, 0.2) is 29.6 Å². The lowest BCUT2D eigenvalue weighted by Crippen LogP contribution is -2.45. The molecule has 2 aromatic rings. The van der Waals surface area contributed by atoms with Crippen molar-refractivity contribution in [2.45, 2.75) is 32.0 Å². The molecule has 136 valence electrons. The monoisotopic (exact) mass is 364 g/mol. The predicted molar refractivity (Wildman–Crippen MR) is 99.0 cm³/mol. The maximum atomic E-state index is 14.3. The molecule has 1 aromatic heterocycles. The summed E-state index contributed by atoms with van der Waals surface area (Å²) in [4.78, 5) is 3.87. The molecule has 2 heterocycles. The summed E-state index contributed by atoms with van der Waals surface area (Å²) in [6.45, 7) is 3.61. The van der Waals surface area contributed by atoms with Gasteiger partial charge in [-0.25, -0.2) is 4.39 Å². The molecule has 6 heteroatoms. The number of ether oxygens (including phenoxy) is 2. The molecule has 4 nitrogen and oxygen atoms in total. The lowest BCUT2D eigenvalue weighted by atomic mass is 10.0. The molecule has 1 N–H and O–H groups in total. The first-order valence-electron chi connectivity index (χ1n) is 8.58. The van der Waals surface area contributed by atoms with Gasteiger partial charge in [0.15, 0.2) is 11.5 Å². The van der Waals surface area contributed by atoms with Crippen molar-refractivity contribution >= 4 is 11.3 Å². The Morgan fingerprint density at radius 1 is 1.28 bits per heavy atom. The van der Waals surface area contributed by atoms with Gasteiger partial charge in [0.25, 0.3) is 0 Å². The first-order chi connectivity index (χ1) is 12.2. The van der Waals surface area contributed by atoms with Crippen LogP contribution in [0.5, 0.6) is 11.5 Å². The predicted octanol–water partition coefficient (Wildman–Crippen LogP) is 3.66. The van der Waals surface area contributed by atoms with Gasteiger partial charge < -0.3 is 14.8 Å². The number of benzene rings is 1. The fourth-order valence-corrected chi connectivity index (χ4v) is 4.02. The molecule has 1 aliphatic rings. The molecule has 25 heavy (non-hydrogen) atoms. The third kappa shape index (κ3) is 4.71. The smallest absolute Gasteiger partial charge is 0.163 e. The summed E-state index contributed by atoms with van der Waals surface area (Å²) < 4.78 is 24.7. The average molecular weight is 364 g/mol. The van der Waals surface area contributed by atoms with Gasteiger partial charge in [0.1, 0.15) is 5.82 Å². The molecule has 1 aliphatic heterocycles. The fraction of sp³-hybridized carbons (Fsp3) is 0.474. The number of thiophene rings is 1. The highest BCUT2D eigenvalue weighted by Gasteiger charge is 2.20. The van der Waals surface area contributed by atoms with Gasteiger partial charge in [0, 0.05) is 42.2 Å². The van der Waals surface area contributed by atoms with Crippen molar-refractivity contribution in [3.63, 3.8) is 0 Å². The van der Waals surface area contributed by atoms with Crippen molar-refractivity contribution in [3.05, 3.63) is 45.9 Å². The molecular formula is C19H25FN2O2S. The molecule has 0 saturated carbocycles. The van der Waals surface area contributed by atoms with Crippen molar-refractivity contribution in [2.75, 3.05) is 27.3 Å².